The molecule has 0 spiro atoms. The van der Waals surface area contributed by atoms with Crippen LogP contribution >= 0.6 is 0 Å². The normalized spacial score (nSPS) is 17.0. The zero-order valence-corrected chi connectivity index (χ0v) is 22.7. The summed E-state index contributed by atoms with van der Waals surface area (Å²) < 4.78 is 23.9. The molecule has 2 fully saturated rings. The first kappa shape index (κ1) is 26.6. The first-order valence-corrected chi connectivity index (χ1v) is 13.2. The van der Waals surface area contributed by atoms with E-state index in [9.17, 15) is 9.59 Å². The average Bonchev–Trinajstić information content (AvgIpc) is 3.45. The van der Waals surface area contributed by atoms with Gasteiger partial charge in [0.05, 0.1) is 34.1 Å². The van der Waals surface area contributed by atoms with Crippen molar-refractivity contribution in [2.75, 3.05) is 47.5 Å². The highest BCUT2D eigenvalue weighted by Gasteiger charge is 2.33. The minimum Gasteiger partial charge on any atom is -0.497 e. The number of carbonyl (C=O) groups excluding carboxylic acids is 1. The van der Waals surface area contributed by atoms with Gasteiger partial charge in [-0.3, -0.25) is 14.5 Å². The summed E-state index contributed by atoms with van der Waals surface area (Å²) >= 11 is 0. The van der Waals surface area contributed by atoms with Crippen molar-refractivity contribution < 1.29 is 23.7 Å². The molecule has 2 saturated heterocycles. The van der Waals surface area contributed by atoms with Gasteiger partial charge in [-0.25, -0.2) is 0 Å². The van der Waals surface area contributed by atoms with Crippen LogP contribution in [0.5, 0.6) is 23.0 Å². The number of pyridine rings is 1. The van der Waals surface area contributed by atoms with Crippen LogP contribution in [0.15, 0.2) is 59.5 Å². The Hall–Kier alpha value is -3.98. The third-order valence-corrected chi connectivity index (χ3v) is 7.58. The van der Waals surface area contributed by atoms with E-state index in [1.807, 2.05) is 41.3 Å². The molecule has 1 aromatic heterocycles. The lowest BCUT2D eigenvalue weighted by atomic mass is 10.1. The van der Waals surface area contributed by atoms with E-state index in [4.69, 9.17) is 18.9 Å². The number of benzene rings is 2. The van der Waals surface area contributed by atoms with E-state index >= 15 is 0 Å². The van der Waals surface area contributed by atoms with Gasteiger partial charge >= 0.3 is 0 Å². The van der Waals surface area contributed by atoms with Crippen LogP contribution in [-0.4, -0.2) is 73.8 Å². The first-order chi connectivity index (χ1) is 19.0. The summed E-state index contributed by atoms with van der Waals surface area (Å²) in [5.74, 6) is 2.08. The number of nitrogens with zero attached hydrogens (tertiary/aromatic N) is 3. The smallest absolute Gasteiger partial charge is 0.270 e. The van der Waals surface area contributed by atoms with Crippen LogP contribution in [0.25, 0.3) is 0 Å². The predicted molar refractivity (Wildman–Crippen MR) is 147 cm³/mol. The largest absolute Gasteiger partial charge is 0.497 e. The summed E-state index contributed by atoms with van der Waals surface area (Å²) in [5, 5.41) is 0. The number of hydrogen-bond acceptors (Lipinski definition) is 7. The summed E-state index contributed by atoms with van der Waals surface area (Å²) in [6, 6.07) is 14.8. The summed E-state index contributed by atoms with van der Waals surface area (Å²) in [6.07, 6.45) is 3.89. The third kappa shape index (κ3) is 5.88. The Morgan fingerprint density at radius 1 is 0.897 bits per heavy atom. The van der Waals surface area contributed by atoms with Gasteiger partial charge in [0.25, 0.3) is 5.91 Å². The lowest BCUT2D eigenvalue weighted by Gasteiger charge is -2.37. The van der Waals surface area contributed by atoms with Crippen molar-refractivity contribution in [1.82, 2.24) is 14.4 Å². The number of carbonyl (C=O) groups is 1. The molecule has 3 heterocycles. The topological polar surface area (TPSA) is 82.5 Å². The molecule has 9 nitrogen and oxygen atoms in total. The van der Waals surface area contributed by atoms with Gasteiger partial charge < -0.3 is 28.4 Å². The highest BCUT2D eigenvalue weighted by atomic mass is 16.5. The van der Waals surface area contributed by atoms with E-state index < -0.39 is 0 Å². The molecule has 1 atom stereocenters. The van der Waals surface area contributed by atoms with Crippen molar-refractivity contribution in [1.29, 1.82) is 0 Å². The summed E-state index contributed by atoms with van der Waals surface area (Å²) in [7, 11) is 4.81. The number of rotatable bonds is 9. The Balaban J connectivity index is 1.45. The van der Waals surface area contributed by atoms with Crippen LogP contribution in [0, 0.1) is 0 Å². The maximum Gasteiger partial charge on any atom is 0.270 e. The van der Waals surface area contributed by atoms with E-state index in [0.717, 1.165) is 42.8 Å². The summed E-state index contributed by atoms with van der Waals surface area (Å²) in [4.78, 5) is 31.3. The molecule has 2 aliphatic rings. The fraction of sp³-hybridized carbons (Fsp3) is 0.400. The van der Waals surface area contributed by atoms with Gasteiger partial charge in [0.2, 0.25) is 5.43 Å². The van der Waals surface area contributed by atoms with Gasteiger partial charge in [0.15, 0.2) is 5.75 Å². The van der Waals surface area contributed by atoms with Gasteiger partial charge in [-0.15, -0.1) is 0 Å². The molecule has 2 aliphatic heterocycles. The highest BCUT2D eigenvalue weighted by Crippen LogP contribution is 2.27. The van der Waals surface area contributed by atoms with Gasteiger partial charge in [-0.1, -0.05) is 12.1 Å². The molecule has 0 radical (unpaired) electrons. The van der Waals surface area contributed by atoms with Crippen molar-refractivity contribution in [3.8, 4) is 23.0 Å². The van der Waals surface area contributed by atoms with Crippen molar-refractivity contribution in [3.63, 3.8) is 0 Å². The van der Waals surface area contributed by atoms with E-state index in [2.05, 4.69) is 4.90 Å². The number of hydrogen-bond donors (Lipinski definition) is 0. The first-order valence-electron chi connectivity index (χ1n) is 13.2. The monoisotopic (exact) mass is 533 g/mol. The number of ether oxygens (including phenoxy) is 4. The van der Waals surface area contributed by atoms with Crippen LogP contribution in [0.1, 0.15) is 34.5 Å². The van der Waals surface area contributed by atoms with E-state index in [-0.39, 0.29) is 23.7 Å². The maximum absolute atomic E-state index is 13.8. The van der Waals surface area contributed by atoms with Crippen molar-refractivity contribution in [2.45, 2.75) is 32.0 Å². The molecule has 206 valence electrons. The molecule has 9 heteroatoms. The molecule has 0 bridgehead atoms. The minimum atomic E-state index is -0.329. The molecule has 5 rings (SSSR count). The van der Waals surface area contributed by atoms with Gasteiger partial charge in [0, 0.05) is 43.4 Å². The summed E-state index contributed by atoms with van der Waals surface area (Å²) in [6.45, 7) is 3.80. The second-order valence-corrected chi connectivity index (χ2v) is 9.91. The molecule has 39 heavy (non-hydrogen) atoms. The molecule has 0 unspecified atom stereocenters. The average molecular weight is 534 g/mol. The Kier molecular flexibility index (Phi) is 8.07. The van der Waals surface area contributed by atoms with E-state index in [1.165, 1.54) is 6.07 Å². The van der Waals surface area contributed by atoms with Gasteiger partial charge in [0.1, 0.15) is 29.5 Å². The van der Waals surface area contributed by atoms with Crippen LogP contribution in [0.2, 0.25) is 0 Å². The molecular weight excluding hydrogens is 498 g/mol. The fourth-order valence-corrected chi connectivity index (χ4v) is 5.36. The Morgan fingerprint density at radius 3 is 2.41 bits per heavy atom. The van der Waals surface area contributed by atoms with Gasteiger partial charge in [-0.05, 0) is 49.2 Å². The van der Waals surface area contributed by atoms with Crippen LogP contribution in [0.3, 0.4) is 0 Å². The van der Waals surface area contributed by atoms with Gasteiger partial charge in [-0.2, -0.15) is 0 Å². The lowest BCUT2D eigenvalue weighted by Crippen LogP contribution is -2.52. The number of piperazine rings is 1. The minimum absolute atomic E-state index is 0.146. The van der Waals surface area contributed by atoms with Crippen LogP contribution in [-0.2, 0) is 13.2 Å². The highest BCUT2D eigenvalue weighted by molar-refractivity contribution is 5.93. The van der Waals surface area contributed by atoms with Crippen molar-refractivity contribution in [3.05, 3.63) is 81.8 Å². The molecular formula is C30H35N3O6. The van der Waals surface area contributed by atoms with Crippen LogP contribution in [0.4, 0.5) is 0 Å². The molecule has 0 N–H and O–H groups in total. The molecule has 0 aliphatic carbocycles. The Labute approximate surface area is 228 Å². The second-order valence-electron chi connectivity index (χ2n) is 9.91. The quantitative estimate of drug-likeness (QED) is 0.417. The summed E-state index contributed by atoms with van der Waals surface area (Å²) in [5.41, 5.74) is 1.75. The molecule has 2 aromatic carbocycles. The maximum atomic E-state index is 13.8. The SMILES string of the molecule is COc1ccc(COc2cn(Cc3ccc(OC)cc3OC)c(C(=O)N3CCN4CCC[C@H]4C3)cc2=O)cc1. The van der Waals surface area contributed by atoms with Crippen LogP contribution < -0.4 is 24.4 Å². The second kappa shape index (κ2) is 11.8. The third-order valence-electron chi connectivity index (χ3n) is 7.58. The predicted octanol–water partition coefficient (Wildman–Crippen LogP) is 3.42. The van der Waals surface area contributed by atoms with E-state index in [1.54, 1.807) is 38.2 Å². The molecule has 0 saturated carbocycles. The number of fused-ring (bicyclic) bond motifs is 1. The number of aromatic nitrogens is 1. The van der Waals surface area contributed by atoms with E-state index in [0.29, 0.717) is 42.9 Å². The molecule has 1 amide bonds. The number of amides is 1. The lowest BCUT2D eigenvalue weighted by molar-refractivity contribution is 0.0560. The molecule has 3 aromatic rings. The zero-order chi connectivity index (χ0) is 27.4. The Bertz CT molecular complexity index is 1370. The number of methoxy groups -OCH3 is 3. The van der Waals surface area contributed by atoms with Crippen molar-refractivity contribution in [2.24, 2.45) is 0 Å². The van der Waals surface area contributed by atoms with Crippen molar-refractivity contribution >= 4 is 5.91 Å². The Morgan fingerprint density at radius 2 is 1.67 bits per heavy atom. The standard InChI is InChI=1S/C30H35N3O6/c1-36-24-9-6-21(7-10-24)20-39-29-19-33(17-22-8-11-25(37-2)15-28(22)38-3)26(16-27(29)34)30(35)32-14-13-31-12-4-5-23(31)18-32/h6-11,15-16,19,23H,4-5,12-14,17-18,20H2,1-3H3/t23-/m0/s1. The fourth-order valence-electron chi connectivity index (χ4n) is 5.36. The zero-order valence-electron chi connectivity index (χ0n) is 22.7.